The molecule has 1 rings (SSSR count). The first kappa shape index (κ1) is 15.1. The van der Waals surface area contributed by atoms with Gasteiger partial charge in [0.25, 0.3) is 0 Å². The maximum Gasteiger partial charge on any atom is 0.0700 e. The van der Waals surface area contributed by atoms with Gasteiger partial charge in [-0.05, 0) is 32.4 Å². The van der Waals surface area contributed by atoms with Crippen molar-refractivity contribution in [2.45, 2.75) is 26.3 Å². The molecule has 1 N–H and O–H groups in total. The van der Waals surface area contributed by atoms with Crippen LogP contribution in [0, 0.1) is 6.92 Å². The van der Waals surface area contributed by atoms with Gasteiger partial charge in [0.1, 0.15) is 0 Å². The SMILES string of the molecule is COCCOCCCCNCc1cc(C)nn1C. The Hall–Kier alpha value is -0.910. The van der Waals surface area contributed by atoms with E-state index >= 15 is 0 Å². The molecule has 1 heterocycles. The van der Waals surface area contributed by atoms with Crippen LogP contribution in [-0.2, 0) is 23.1 Å². The Morgan fingerprint density at radius 1 is 1.28 bits per heavy atom. The molecule has 0 aliphatic carbocycles. The summed E-state index contributed by atoms with van der Waals surface area (Å²) >= 11 is 0. The van der Waals surface area contributed by atoms with Gasteiger partial charge in [-0.25, -0.2) is 0 Å². The van der Waals surface area contributed by atoms with Crippen molar-refractivity contribution in [2.75, 3.05) is 33.5 Å². The number of aromatic nitrogens is 2. The summed E-state index contributed by atoms with van der Waals surface area (Å²) in [5.74, 6) is 0. The number of methoxy groups -OCH3 is 1. The molecule has 0 spiro atoms. The van der Waals surface area contributed by atoms with Crippen LogP contribution in [0.15, 0.2) is 6.07 Å². The topological polar surface area (TPSA) is 48.3 Å². The zero-order valence-electron chi connectivity index (χ0n) is 11.7. The number of unbranched alkanes of at least 4 members (excludes halogenated alkanes) is 1. The average molecular weight is 255 g/mol. The van der Waals surface area contributed by atoms with E-state index < -0.39 is 0 Å². The zero-order chi connectivity index (χ0) is 13.2. The molecule has 0 unspecified atom stereocenters. The van der Waals surface area contributed by atoms with E-state index in [1.54, 1.807) is 7.11 Å². The Morgan fingerprint density at radius 3 is 2.78 bits per heavy atom. The number of aryl methyl sites for hydroxylation is 2. The first-order chi connectivity index (χ1) is 8.74. The molecule has 104 valence electrons. The molecule has 1 aromatic heterocycles. The molecule has 18 heavy (non-hydrogen) atoms. The molecule has 0 radical (unpaired) electrons. The molecular weight excluding hydrogens is 230 g/mol. The van der Waals surface area contributed by atoms with Gasteiger partial charge in [-0.15, -0.1) is 0 Å². The number of hydrogen-bond donors (Lipinski definition) is 1. The molecule has 5 nitrogen and oxygen atoms in total. The highest BCUT2D eigenvalue weighted by Crippen LogP contribution is 2.01. The lowest BCUT2D eigenvalue weighted by atomic mass is 10.3. The molecular formula is C13H25N3O2. The summed E-state index contributed by atoms with van der Waals surface area (Å²) in [6, 6.07) is 2.11. The molecule has 0 fully saturated rings. The molecule has 0 atom stereocenters. The third-order valence-corrected chi connectivity index (χ3v) is 2.73. The summed E-state index contributed by atoms with van der Waals surface area (Å²) in [6.45, 7) is 6.09. The minimum atomic E-state index is 0.679. The second-order valence-electron chi connectivity index (χ2n) is 4.39. The van der Waals surface area contributed by atoms with E-state index in [2.05, 4.69) is 16.5 Å². The number of hydrogen-bond acceptors (Lipinski definition) is 4. The summed E-state index contributed by atoms with van der Waals surface area (Å²) in [5, 5.41) is 7.73. The van der Waals surface area contributed by atoms with Crippen molar-refractivity contribution >= 4 is 0 Å². The Labute approximate surface area is 109 Å². The molecule has 0 aromatic carbocycles. The molecule has 0 aliphatic heterocycles. The maximum atomic E-state index is 5.39. The van der Waals surface area contributed by atoms with Crippen LogP contribution in [0.1, 0.15) is 24.2 Å². The first-order valence-corrected chi connectivity index (χ1v) is 6.51. The molecule has 0 aliphatic rings. The predicted molar refractivity (Wildman–Crippen MR) is 71.6 cm³/mol. The van der Waals surface area contributed by atoms with Crippen LogP contribution in [0.5, 0.6) is 0 Å². The normalized spacial score (nSPS) is 11.1. The van der Waals surface area contributed by atoms with Crippen molar-refractivity contribution in [3.63, 3.8) is 0 Å². The zero-order valence-corrected chi connectivity index (χ0v) is 11.7. The number of nitrogens with one attached hydrogen (secondary N) is 1. The van der Waals surface area contributed by atoms with Crippen LogP contribution in [0.25, 0.3) is 0 Å². The predicted octanol–water partition coefficient (Wildman–Crippen LogP) is 1.26. The molecule has 0 bridgehead atoms. The van der Waals surface area contributed by atoms with Crippen molar-refractivity contribution in [1.82, 2.24) is 15.1 Å². The van der Waals surface area contributed by atoms with Gasteiger partial charge in [-0.2, -0.15) is 5.10 Å². The van der Waals surface area contributed by atoms with Crippen LogP contribution in [0.2, 0.25) is 0 Å². The van der Waals surface area contributed by atoms with Crippen molar-refractivity contribution in [1.29, 1.82) is 0 Å². The fraction of sp³-hybridized carbons (Fsp3) is 0.769. The minimum Gasteiger partial charge on any atom is -0.382 e. The highest BCUT2D eigenvalue weighted by Gasteiger charge is 2.00. The van der Waals surface area contributed by atoms with E-state index in [1.165, 1.54) is 5.69 Å². The van der Waals surface area contributed by atoms with Crippen LogP contribution >= 0.6 is 0 Å². The van der Waals surface area contributed by atoms with Gasteiger partial charge in [-0.1, -0.05) is 0 Å². The Kier molecular flexibility index (Phi) is 7.64. The largest absolute Gasteiger partial charge is 0.382 e. The van der Waals surface area contributed by atoms with Gasteiger partial charge < -0.3 is 14.8 Å². The molecule has 1 aromatic rings. The Morgan fingerprint density at radius 2 is 2.11 bits per heavy atom. The standard InChI is InChI=1S/C13H25N3O2/c1-12-10-13(16(2)15-12)11-14-6-4-5-7-18-9-8-17-3/h10,14H,4-9,11H2,1-3H3. The second-order valence-corrected chi connectivity index (χ2v) is 4.39. The number of rotatable bonds is 10. The average Bonchev–Trinajstić information content (AvgIpc) is 2.66. The van der Waals surface area contributed by atoms with Gasteiger partial charge in [0, 0.05) is 27.3 Å². The van der Waals surface area contributed by atoms with E-state index in [4.69, 9.17) is 9.47 Å². The fourth-order valence-electron chi connectivity index (χ4n) is 1.74. The minimum absolute atomic E-state index is 0.679. The smallest absolute Gasteiger partial charge is 0.0700 e. The van der Waals surface area contributed by atoms with E-state index in [1.807, 2.05) is 18.7 Å². The lowest BCUT2D eigenvalue weighted by Gasteiger charge is -2.06. The summed E-state index contributed by atoms with van der Waals surface area (Å²) < 4.78 is 12.2. The molecule has 0 saturated carbocycles. The van der Waals surface area contributed by atoms with E-state index in [0.717, 1.165) is 38.2 Å². The second kappa shape index (κ2) is 9.08. The van der Waals surface area contributed by atoms with Crippen molar-refractivity contribution in [3.05, 3.63) is 17.5 Å². The van der Waals surface area contributed by atoms with Gasteiger partial charge in [0.2, 0.25) is 0 Å². The Bertz CT molecular complexity index is 326. The van der Waals surface area contributed by atoms with Crippen LogP contribution in [0.3, 0.4) is 0 Å². The van der Waals surface area contributed by atoms with Crippen molar-refractivity contribution in [2.24, 2.45) is 7.05 Å². The summed E-state index contributed by atoms with van der Waals surface area (Å²) in [4.78, 5) is 0. The third-order valence-electron chi connectivity index (χ3n) is 2.73. The fourth-order valence-corrected chi connectivity index (χ4v) is 1.74. The maximum absolute atomic E-state index is 5.39. The van der Waals surface area contributed by atoms with Crippen LogP contribution in [0.4, 0.5) is 0 Å². The van der Waals surface area contributed by atoms with Gasteiger partial charge in [-0.3, -0.25) is 4.68 Å². The van der Waals surface area contributed by atoms with E-state index in [-0.39, 0.29) is 0 Å². The lowest BCUT2D eigenvalue weighted by molar-refractivity contribution is 0.0688. The first-order valence-electron chi connectivity index (χ1n) is 6.51. The number of nitrogens with zero attached hydrogens (tertiary/aromatic N) is 2. The summed E-state index contributed by atoms with van der Waals surface area (Å²) in [5.41, 5.74) is 2.30. The van der Waals surface area contributed by atoms with Crippen LogP contribution < -0.4 is 5.32 Å². The monoisotopic (exact) mass is 255 g/mol. The third kappa shape index (κ3) is 6.14. The molecule has 5 heteroatoms. The van der Waals surface area contributed by atoms with Crippen molar-refractivity contribution in [3.8, 4) is 0 Å². The van der Waals surface area contributed by atoms with Gasteiger partial charge in [0.15, 0.2) is 0 Å². The summed E-state index contributed by atoms with van der Waals surface area (Å²) in [6.07, 6.45) is 2.21. The van der Waals surface area contributed by atoms with Gasteiger partial charge in [0.05, 0.1) is 24.6 Å². The van der Waals surface area contributed by atoms with Gasteiger partial charge >= 0.3 is 0 Å². The highest BCUT2D eigenvalue weighted by atomic mass is 16.5. The van der Waals surface area contributed by atoms with E-state index in [9.17, 15) is 0 Å². The quantitative estimate of drug-likeness (QED) is 0.640. The number of ether oxygens (including phenoxy) is 2. The Balaban J connectivity index is 1.94. The van der Waals surface area contributed by atoms with Crippen LogP contribution in [-0.4, -0.2) is 43.3 Å². The molecule has 0 amide bonds. The van der Waals surface area contributed by atoms with E-state index in [0.29, 0.717) is 13.2 Å². The summed E-state index contributed by atoms with van der Waals surface area (Å²) in [7, 11) is 3.67. The lowest BCUT2D eigenvalue weighted by Crippen LogP contribution is -2.17. The highest BCUT2D eigenvalue weighted by molar-refractivity contribution is 5.08. The molecule has 0 saturated heterocycles. The van der Waals surface area contributed by atoms with Crippen molar-refractivity contribution < 1.29 is 9.47 Å².